The van der Waals surface area contributed by atoms with E-state index in [0.717, 1.165) is 29.5 Å². The monoisotopic (exact) mass is 434 g/mol. The lowest BCUT2D eigenvalue weighted by atomic mass is 10.1. The molecule has 0 aliphatic rings. The fraction of sp³-hybridized carbons (Fsp3) is 0.150. The number of thiazole rings is 1. The third-order valence-electron chi connectivity index (χ3n) is 3.93. The maximum atomic E-state index is 13.9. The van der Waals surface area contributed by atoms with E-state index in [1.807, 2.05) is 0 Å². The summed E-state index contributed by atoms with van der Waals surface area (Å²) in [4.78, 5) is 28.0. The molecule has 7 nitrogen and oxygen atoms in total. The van der Waals surface area contributed by atoms with Gasteiger partial charge < -0.3 is 14.2 Å². The second kappa shape index (κ2) is 9.31. The number of carbonyl (C=O) groups is 2. The Balaban J connectivity index is 1.77. The summed E-state index contributed by atoms with van der Waals surface area (Å²) in [6, 6.07) is 7.46. The van der Waals surface area contributed by atoms with Crippen LogP contribution < -0.4 is 14.8 Å². The highest BCUT2D eigenvalue weighted by Gasteiger charge is 2.16. The van der Waals surface area contributed by atoms with E-state index in [1.54, 1.807) is 0 Å². The zero-order valence-corrected chi connectivity index (χ0v) is 16.7. The number of ether oxygens (including phenoxy) is 3. The summed E-state index contributed by atoms with van der Waals surface area (Å²) in [5.41, 5.74) is 0.406. The summed E-state index contributed by atoms with van der Waals surface area (Å²) in [5, 5.41) is 4.29. The molecule has 3 rings (SSSR count). The Hall–Kier alpha value is -3.53. The van der Waals surface area contributed by atoms with E-state index in [9.17, 15) is 18.4 Å². The van der Waals surface area contributed by atoms with Crippen molar-refractivity contribution in [1.29, 1.82) is 0 Å². The minimum Gasteiger partial charge on any atom is -0.493 e. The number of hydrogen-bond donors (Lipinski definition) is 1. The van der Waals surface area contributed by atoms with Crippen molar-refractivity contribution < 1.29 is 32.6 Å². The van der Waals surface area contributed by atoms with Crippen molar-refractivity contribution in [3.63, 3.8) is 0 Å². The van der Waals surface area contributed by atoms with Gasteiger partial charge in [-0.25, -0.2) is 18.6 Å². The molecule has 1 aromatic heterocycles. The Morgan fingerprint density at radius 3 is 2.63 bits per heavy atom. The van der Waals surface area contributed by atoms with Crippen LogP contribution in [0.4, 0.5) is 13.9 Å². The number of methoxy groups -OCH3 is 2. The highest BCUT2D eigenvalue weighted by Crippen LogP contribution is 2.30. The number of amides is 1. The Labute approximate surface area is 174 Å². The number of nitrogens with one attached hydrogen (secondary N) is 1. The fourth-order valence-electron chi connectivity index (χ4n) is 2.44. The van der Waals surface area contributed by atoms with Gasteiger partial charge in [-0.1, -0.05) is 0 Å². The maximum absolute atomic E-state index is 13.9. The Kier molecular flexibility index (Phi) is 6.58. The van der Waals surface area contributed by atoms with Crippen LogP contribution in [0.1, 0.15) is 10.4 Å². The van der Waals surface area contributed by atoms with Crippen LogP contribution in [0.15, 0.2) is 41.8 Å². The molecule has 0 saturated heterocycles. The van der Waals surface area contributed by atoms with Gasteiger partial charge in [-0.15, -0.1) is 11.3 Å². The highest BCUT2D eigenvalue weighted by atomic mass is 32.1. The molecule has 0 saturated carbocycles. The summed E-state index contributed by atoms with van der Waals surface area (Å²) in [5.74, 6) is -1.82. The molecule has 0 atom stereocenters. The first-order valence-corrected chi connectivity index (χ1v) is 9.39. The van der Waals surface area contributed by atoms with Gasteiger partial charge in [0.05, 0.1) is 19.9 Å². The number of aromatic nitrogens is 1. The number of nitrogens with zero attached hydrogens (tertiary/aromatic N) is 1. The fourth-order valence-corrected chi connectivity index (χ4v) is 3.15. The predicted octanol–water partition coefficient (Wildman–Crippen LogP) is 3.90. The molecular formula is C20H16F2N2O5S. The SMILES string of the molecule is COC(=O)COc1cc(C(=O)Nc2nc(-c3cc(F)ccc3F)cs2)ccc1OC. The number of rotatable bonds is 7. The molecule has 0 unspecified atom stereocenters. The van der Waals surface area contributed by atoms with Crippen molar-refractivity contribution >= 4 is 28.3 Å². The van der Waals surface area contributed by atoms with E-state index < -0.39 is 23.5 Å². The van der Waals surface area contributed by atoms with Gasteiger partial charge in [0.15, 0.2) is 23.2 Å². The van der Waals surface area contributed by atoms with Gasteiger partial charge in [0.25, 0.3) is 5.91 Å². The zero-order chi connectivity index (χ0) is 21.7. The lowest BCUT2D eigenvalue weighted by molar-refractivity contribution is -0.142. The minimum absolute atomic E-state index is 0.00491. The second-order valence-corrected chi connectivity index (χ2v) is 6.70. The molecule has 10 heteroatoms. The van der Waals surface area contributed by atoms with Crippen molar-refractivity contribution in [2.75, 3.05) is 26.1 Å². The number of esters is 1. The van der Waals surface area contributed by atoms with Crippen molar-refractivity contribution in [2.24, 2.45) is 0 Å². The van der Waals surface area contributed by atoms with Crippen LogP contribution in [0.2, 0.25) is 0 Å². The Bertz CT molecular complexity index is 1090. The summed E-state index contributed by atoms with van der Waals surface area (Å²) in [7, 11) is 2.65. The van der Waals surface area contributed by atoms with Gasteiger partial charge in [0, 0.05) is 16.5 Å². The predicted molar refractivity (Wildman–Crippen MR) is 106 cm³/mol. The topological polar surface area (TPSA) is 86.8 Å². The molecule has 0 aliphatic heterocycles. The van der Waals surface area contributed by atoms with E-state index in [1.165, 1.54) is 37.8 Å². The maximum Gasteiger partial charge on any atom is 0.343 e. The van der Waals surface area contributed by atoms with Crippen LogP contribution in [0.3, 0.4) is 0 Å². The minimum atomic E-state index is -0.623. The van der Waals surface area contributed by atoms with Crippen LogP contribution >= 0.6 is 11.3 Å². The van der Waals surface area contributed by atoms with Crippen LogP contribution in [0.5, 0.6) is 11.5 Å². The standard InChI is InChI=1S/C20H16F2N2O5S/c1-27-16-6-3-11(7-17(16)29-9-18(25)28-2)19(26)24-20-23-15(10-30-20)13-8-12(21)4-5-14(13)22/h3-8,10H,9H2,1-2H3,(H,23,24,26). The Morgan fingerprint density at radius 2 is 1.90 bits per heavy atom. The highest BCUT2D eigenvalue weighted by molar-refractivity contribution is 7.14. The first-order valence-electron chi connectivity index (χ1n) is 8.51. The van der Waals surface area contributed by atoms with E-state index in [0.29, 0.717) is 5.75 Å². The largest absolute Gasteiger partial charge is 0.493 e. The van der Waals surface area contributed by atoms with Gasteiger partial charge >= 0.3 is 5.97 Å². The van der Waals surface area contributed by atoms with Crippen LogP contribution in [0.25, 0.3) is 11.3 Å². The molecule has 0 aliphatic carbocycles. The average molecular weight is 434 g/mol. The molecule has 156 valence electrons. The molecular weight excluding hydrogens is 418 g/mol. The smallest absolute Gasteiger partial charge is 0.343 e. The number of halogens is 2. The quantitative estimate of drug-likeness (QED) is 0.568. The van der Waals surface area contributed by atoms with E-state index in [2.05, 4.69) is 15.0 Å². The van der Waals surface area contributed by atoms with Gasteiger partial charge in [0.1, 0.15) is 11.6 Å². The summed E-state index contributed by atoms with van der Waals surface area (Å²) in [6.07, 6.45) is 0. The number of carbonyl (C=O) groups excluding carboxylic acids is 2. The van der Waals surface area contributed by atoms with Gasteiger partial charge in [-0.2, -0.15) is 0 Å². The molecule has 3 aromatic rings. The van der Waals surface area contributed by atoms with Crippen molar-refractivity contribution in [3.8, 4) is 22.8 Å². The number of benzene rings is 2. The molecule has 1 amide bonds. The lowest BCUT2D eigenvalue weighted by Crippen LogP contribution is -2.15. The Morgan fingerprint density at radius 1 is 1.10 bits per heavy atom. The van der Waals surface area contributed by atoms with Gasteiger partial charge in [-0.3, -0.25) is 10.1 Å². The molecule has 30 heavy (non-hydrogen) atoms. The molecule has 0 fully saturated rings. The molecule has 1 N–H and O–H groups in total. The van der Waals surface area contributed by atoms with Crippen LogP contribution in [-0.4, -0.2) is 37.7 Å². The van der Waals surface area contributed by atoms with Crippen molar-refractivity contribution in [3.05, 3.63) is 59.0 Å². The van der Waals surface area contributed by atoms with Gasteiger partial charge in [-0.05, 0) is 36.4 Å². The number of anilines is 1. The van der Waals surface area contributed by atoms with Gasteiger partial charge in [0.2, 0.25) is 0 Å². The second-order valence-electron chi connectivity index (χ2n) is 5.85. The zero-order valence-electron chi connectivity index (χ0n) is 15.9. The van der Waals surface area contributed by atoms with Crippen molar-refractivity contribution in [2.45, 2.75) is 0 Å². The molecule has 1 heterocycles. The third-order valence-corrected chi connectivity index (χ3v) is 4.69. The normalized spacial score (nSPS) is 10.4. The molecule has 2 aromatic carbocycles. The average Bonchev–Trinajstić information content (AvgIpc) is 3.21. The van der Waals surface area contributed by atoms with E-state index in [-0.39, 0.29) is 34.3 Å². The van der Waals surface area contributed by atoms with Crippen molar-refractivity contribution in [1.82, 2.24) is 4.98 Å². The molecule has 0 bridgehead atoms. The first-order chi connectivity index (χ1) is 14.4. The summed E-state index contributed by atoms with van der Waals surface area (Å²) < 4.78 is 42.3. The van der Waals surface area contributed by atoms with E-state index in [4.69, 9.17) is 9.47 Å². The first kappa shape index (κ1) is 21.2. The van der Waals surface area contributed by atoms with Crippen LogP contribution in [-0.2, 0) is 9.53 Å². The third kappa shape index (κ3) is 4.90. The van der Waals surface area contributed by atoms with Crippen LogP contribution in [0, 0.1) is 11.6 Å². The summed E-state index contributed by atoms with van der Waals surface area (Å²) >= 11 is 1.06. The number of hydrogen-bond acceptors (Lipinski definition) is 7. The lowest BCUT2D eigenvalue weighted by Gasteiger charge is -2.11. The molecule has 0 radical (unpaired) electrons. The molecule has 0 spiro atoms. The summed E-state index contributed by atoms with van der Waals surface area (Å²) in [6.45, 7) is -0.354. The van der Waals surface area contributed by atoms with E-state index >= 15 is 0 Å².